The Kier molecular flexibility index (Phi) is 8.52. The van der Waals surface area contributed by atoms with E-state index in [9.17, 15) is 0 Å². The van der Waals surface area contributed by atoms with Gasteiger partial charge in [-0.3, -0.25) is 0 Å². The van der Waals surface area contributed by atoms with Crippen LogP contribution >= 0.6 is 27.7 Å². The maximum absolute atomic E-state index is 6.15. The summed E-state index contributed by atoms with van der Waals surface area (Å²) in [5, 5.41) is 16.4. The Bertz CT molecular complexity index is 1170. The van der Waals surface area contributed by atoms with E-state index in [1.165, 1.54) is 11.1 Å². The van der Waals surface area contributed by atoms with Gasteiger partial charge in [-0.25, -0.2) is 0 Å². The Morgan fingerprint density at radius 1 is 1.00 bits per heavy atom. The molecule has 0 saturated heterocycles. The van der Waals surface area contributed by atoms with Gasteiger partial charge in [0, 0.05) is 22.3 Å². The van der Waals surface area contributed by atoms with E-state index in [0.717, 1.165) is 51.9 Å². The van der Waals surface area contributed by atoms with Crippen molar-refractivity contribution in [2.45, 2.75) is 31.7 Å². The van der Waals surface area contributed by atoms with Gasteiger partial charge in [-0.15, -0.1) is 5.10 Å². The number of tetrazole rings is 1. The van der Waals surface area contributed by atoms with Crippen LogP contribution in [0, 0.1) is 6.92 Å². The van der Waals surface area contributed by atoms with Crippen LogP contribution in [0.4, 0.5) is 0 Å². The molecule has 0 spiro atoms. The lowest BCUT2D eigenvalue weighted by atomic mass is 10.1. The molecule has 1 N–H and O–H groups in total. The number of halogens is 1. The summed E-state index contributed by atoms with van der Waals surface area (Å²) in [7, 11) is 0. The van der Waals surface area contributed by atoms with Crippen molar-refractivity contribution in [2.24, 2.45) is 0 Å². The number of thioether (sulfide) groups is 1. The number of nitrogens with one attached hydrogen (secondary N) is 1. The third-order valence-electron chi connectivity index (χ3n) is 5.15. The first-order valence-electron chi connectivity index (χ1n) is 10.8. The molecule has 170 valence electrons. The molecule has 1 heterocycles. The van der Waals surface area contributed by atoms with Crippen LogP contribution in [0.15, 0.2) is 82.4 Å². The van der Waals surface area contributed by atoms with Crippen molar-refractivity contribution >= 4 is 27.7 Å². The Morgan fingerprint density at radius 2 is 1.82 bits per heavy atom. The second-order valence-corrected chi connectivity index (χ2v) is 9.53. The van der Waals surface area contributed by atoms with E-state index < -0.39 is 0 Å². The number of ether oxygens (including phenoxy) is 1. The molecule has 0 aliphatic heterocycles. The molecule has 4 aromatic rings. The molecule has 0 atom stereocenters. The van der Waals surface area contributed by atoms with Crippen LogP contribution in [0.25, 0.3) is 5.69 Å². The minimum atomic E-state index is 0.564. The number of nitrogens with zero attached hydrogens (tertiary/aromatic N) is 4. The van der Waals surface area contributed by atoms with Crippen LogP contribution < -0.4 is 10.1 Å². The molecule has 33 heavy (non-hydrogen) atoms. The third kappa shape index (κ3) is 6.66. The fourth-order valence-electron chi connectivity index (χ4n) is 3.34. The Morgan fingerprint density at radius 3 is 2.67 bits per heavy atom. The van der Waals surface area contributed by atoms with Crippen LogP contribution in [0.5, 0.6) is 5.75 Å². The summed E-state index contributed by atoms with van der Waals surface area (Å²) < 4.78 is 8.97. The van der Waals surface area contributed by atoms with E-state index in [1.807, 2.05) is 54.6 Å². The summed E-state index contributed by atoms with van der Waals surface area (Å²) in [6.45, 7) is 4.31. The lowest BCUT2D eigenvalue weighted by Crippen LogP contribution is -2.16. The van der Waals surface area contributed by atoms with Crippen molar-refractivity contribution in [2.75, 3.05) is 12.3 Å². The highest BCUT2D eigenvalue weighted by Crippen LogP contribution is 2.25. The number of aromatic nitrogens is 4. The summed E-state index contributed by atoms with van der Waals surface area (Å²) in [6, 6.07) is 24.4. The highest BCUT2D eigenvalue weighted by molar-refractivity contribution is 9.10. The topological polar surface area (TPSA) is 64.9 Å². The van der Waals surface area contributed by atoms with Gasteiger partial charge in [0.15, 0.2) is 0 Å². The lowest BCUT2D eigenvalue weighted by molar-refractivity contribution is 0.301. The molecule has 0 aliphatic rings. The van der Waals surface area contributed by atoms with Gasteiger partial charge in [0.1, 0.15) is 12.4 Å². The standard InChI is InChI=1S/C25H26BrN5OS/c1-19-8-5-6-9-20(19)18-32-24-13-12-22(26)16-21(24)17-27-14-7-15-33-25-28-29-30-31(25)23-10-3-2-4-11-23/h2-6,8-13,16,27H,7,14-15,17-18H2,1H3. The maximum Gasteiger partial charge on any atom is 0.214 e. The third-order valence-corrected chi connectivity index (χ3v) is 6.65. The number of aryl methyl sites for hydroxylation is 1. The molecule has 0 bridgehead atoms. The molecule has 8 heteroatoms. The second kappa shape index (κ2) is 12.0. The average Bonchev–Trinajstić information content (AvgIpc) is 3.31. The molecule has 0 saturated carbocycles. The van der Waals surface area contributed by atoms with E-state index in [1.54, 1.807) is 16.4 Å². The van der Waals surface area contributed by atoms with E-state index >= 15 is 0 Å². The fraction of sp³-hybridized carbons (Fsp3) is 0.240. The van der Waals surface area contributed by atoms with E-state index in [2.05, 4.69) is 61.9 Å². The SMILES string of the molecule is Cc1ccccc1COc1ccc(Br)cc1CNCCCSc1nnnn1-c1ccccc1. The summed E-state index contributed by atoms with van der Waals surface area (Å²) in [5.74, 6) is 1.83. The normalized spacial score (nSPS) is 11.0. The smallest absolute Gasteiger partial charge is 0.214 e. The Labute approximate surface area is 206 Å². The zero-order chi connectivity index (χ0) is 22.9. The van der Waals surface area contributed by atoms with Crippen molar-refractivity contribution in [1.82, 2.24) is 25.5 Å². The van der Waals surface area contributed by atoms with Crippen LogP contribution in [0.1, 0.15) is 23.1 Å². The van der Waals surface area contributed by atoms with Gasteiger partial charge in [0.2, 0.25) is 5.16 Å². The predicted molar refractivity (Wildman–Crippen MR) is 136 cm³/mol. The first-order chi connectivity index (χ1) is 16.2. The van der Waals surface area contributed by atoms with Gasteiger partial charge in [-0.1, -0.05) is 70.2 Å². The molecular weight excluding hydrogens is 498 g/mol. The van der Waals surface area contributed by atoms with Crippen LogP contribution in [-0.4, -0.2) is 32.5 Å². The molecule has 3 aromatic carbocycles. The first-order valence-corrected chi connectivity index (χ1v) is 12.6. The number of hydrogen-bond donors (Lipinski definition) is 1. The van der Waals surface area contributed by atoms with Crippen molar-refractivity contribution in [3.8, 4) is 11.4 Å². The molecule has 4 rings (SSSR count). The minimum absolute atomic E-state index is 0.564. The second-order valence-electron chi connectivity index (χ2n) is 7.55. The van der Waals surface area contributed by atoms with E-state index in [-0.39, 0.29) is 0 Å². The first kappa shape index (κ1) is 23.5. The summed E-state index contributed by atoms with van der Waals surface area (Å²) >= 11 is 5.24. The van der Waals surface area contributed by atoms with Crippen LogP contribution in [0.3, 0.4) is 0 Å². The summed E-state index contributed by atoms with van der Waals surface area (Å²) in [6.07, 6.45) is 1.000. The quantitative estimate of drug-likeness (QED) is 0.204. The molecule has 6 nitrogen and oxygen atoms in total. The van der Waals surface area contributed by atoms with Gasteiger partial charge in [0.05, 0.1) is 5.69 Å². The highest BCUT2D eigenvalue weighted by Gasteiger charge is 2.09. The van der Waals surface area contributed by atoms with Gasteiger partial charge in [0.25, 0.3) is 0 Å². The molecular formula is C25H26BrN5OS. The molecule has 1 aromatic heterocycles. The molecule has 0 radical (unpaired) electrons. The van der Waals surface area contributed by atoms with E-state index in [4.69, 9.17) is 4.74 Å². The van der Waals surface area contributed by atoms with Crippen LogP contribution in [0.2, 0.25) is 0 Å². The largest absolute Gasteiger partial charge is 0.489 e. The van der Waals surface area contributed by atoms with Crippen molar-refractivity contribution in [3.63, 3.8) is 0 Å². The minimum Gasteiger partial charge on any atom is -0.489 e. The number of para-hydroxylation sites is 1. The molecule has 0 aliphatic carbocycles. The van der Waals surface area contributed by atoms with Gasteiger partial charge in [-0.05, 0) is 71.8 Å². The average molecular weight is 524 g/mol. The van der Waals surface area contributed by atoms with Crippen molar-refractivity contribution in [3.05, 3.63) is 94.0 Å². The Balaban J connectivity index is 1.24. The predicted octanol–water partition coefficient (Wildman–Crippen LogP) is 5.58. The lowest BCUT2D eigenvalue weighted by Gasteiger charge is -2.14. The Hall–Kier alpha value is -2.68. The van der Waals surface area contributed by atoms with Gasteiger partial charge < -0.3 is 10.1 Å². The van der Waals surface area contributed by atoms with Gasteiger partial charge >= 0.3 is 0 Å². The van der Waals surface area contributed by atoms with Gasteiger partial charge in [-0.2, -0.15) is 4.68 Å². The summed E-state index contributed by atoms with van der Waals surface area (Å²) in [4.78, 5) is 0. The zero-order valence-electron chi connectivity index (χ0n) is 18.4. The number of rotatable bonds is 11. The van der Waals surface area contributed by atoms with Crippen LogP contribution in [-0.2, 0) is 13.2 Å². The highest BCUT2D eigenvalue weighted by atomic mass is 79.9. The van der Waals surface area contributed by atoms with Crippen molar-refractivity contribution < 1.29 is 4.74 Å². The van der Waals surface area contributed by atoms with E-state index in [0.29, 0.717) is 6.61 Å². The zero-order valence-corrected chi connectivity index (χ0v) is 20.8. The molecule has 0 amide bonds. The maximum atomic E-state index is 6.15. The van der Waals surface area contributed by atoms with Crippen molar-refractivity contribution in [1.29, 1.82) is 0 Å². The molecule has 0 fully saturated rings. The fourth-order valence-corrected chi connectivity index (χ4v) is 4.58. The monoisotopic (exact) mass is 523 g/mol. The summed E-state index contributed by atoms with van der Waals surface area (Å²) in [5.41, 5.74) is 4.55. The number of benzene rings is 3. The molecule has 0 unspecified atom stereocenters. The number of hydrogen-bond acceptors (Lipinski definition) is 6.